The zero-order chi connectivity index (χ0) is 13.5. The molecule has 0 atom stereocenters. The van der Waals surface area contributed by atoms with Crippen molar-refractivity contribution in [3.8, 4) is 0 Å². The van der Waals surface area contributed by atoms with Gasteiger partial charge >= 0.3 is 0 Å². The minimum Gasteiger partial charge on any atom is -0.548 e. The highest BCUT2D eigenvalue weighted by molar-refractivity contribution is 6.08. The van der Waals surface area contributed by atoms with Gasteiger partial charge in [-0.3, -0.25) is 4.79 Å². The first kappa shape index (κ1) is 12.1. The van der Waals surface area contributed by atoms with Crippen LogP contribution in [0, 0.1) is 0 Å². The molecule has 3 rings (SSSR count). The number of para-hydroxylation sites is 1. The molecule has 2 aliphatic heterocycles. The molecular weight excluding hydrogens is 250 g/mol. The largest absolute Gasteiger partial charge is 0.548 e. The molecule has 2 heterocycles. The third kappa shape index (κ3) is 1.72. The number of ether oxygens (including phenoxy) is 2. The summed E-state index contributed by atoms with van der Waals surface area (Å²) in [5.41, 5.74) is 1.06. The summed E-state index contributed by atoms with van der Waals surface area (Å²) in [4.78, 5) is 24.4. The summed E-state index contributed by atoms with van der Waals surface area (Å²) in [7, 11) is 0. The van der Waals surface area contributed by atoms with Crippen molar-refractivity contribution in [2.75, 3.05) is 24.7 Å². The molecule has 0 radical (unpaired) electrons. The van der Waals surface area contributed by atoms with Crippen LogP contribution in [0.15, 0.2) is 24.3 Å². The molecule has 1 spiro atoms. The predicted molar refractivity (Wildman–Crippen MR) is 62.0 cm³/mol. The van der Waals surface area contributed by atoms with Gasteiger partial charge in [-0.25, -0.2) is 0 Å². The summed E-state index contributed by atoms with van der Waals surface area (Å²) in [5.74, 6) is -3.31. The number of hydrogen-bond donors (Lipinski definition) is 0. The topological polar surface area (TPSA) is 78.9 Å². The summed E-state index contributed by atoms with van der Waals surface area (Å²) in [5, 5.41) is 10.8. The third-order valence-corrected chi connectivity index (χ3v) is 3.26. The van der Waals surface area contributed by atoms with Crippen LogP contribution in [-0.2, 0) is 24.8 Å². The predicted octanol–water partition coefficient (Wildman–Crippen LogP) is -0.627. The summed E-state index contributed by atoms with van der Waals surface area (Å²) in [6, 6.07) is 6.88. The SMILES string of the molecule is O=C([O-])CN1C(=O)C2(OCCCO2)c2ccccc21. The number of rotatable bonds is 2. The van der Waals surface area contributed by atoms with Gasteiger partial charge in [0.15, 0.2) is 0 Å². The first-order chi connectivity index (χ1) is 9.15. The number of benzene rings is 1. The number of anilines is 1. The second-order valence-corrected chi connectivity index (χ2v) is 4.45. The van der Waals surface area contributed by atoms with Crippen molar-refractivity contribution in [1.82, 2.24) is 0 Å². The van der Waals surface area contributed by atoms with Crippen molar-refractivity contribution in [2.45, 2.75) is 12.2 Å². The highest BCUT2D eigenvalue weighted by Gasteiger charge is 2.54. The van der Waals surface area contributed by atoms with Crippen LogP contribution in [0.25, 0.3) is 0 Å². The Balaban J connectivity index is 2.08. The highest BCUT2D eigenvalue weighted by Crippen LogP contribution is 2.44. The van der Waals surface area contributed by atoms with Gasteiger partial charge in [-0.1, -0.05) is 18.2 Å². The van der Waals surface area contributed by atoms with E-state index < -0.39 is 24.2 Å². The van der Waals surface area contributed by atoms with E-state index in [1.165, 1.54) is 0 Å². The van der Waals surface area contributed by atoms with Gasteiger partial charge in [0.1, 0.15) is 0 Å². The monoisotopic (exact) mass is 262 g/mol. The molecule has 6 nitrogen and oxygen atoms in total. The molecule has 0 unspecified atom stereocenters. The Morgan fingerprint density at radius 3 is 2.68 bits per heavy atom. The quantitative estimate of drug-likeness (QED) is 0.709. The number of carboxylic acid groups (broad SMARTS) is 1. The summed E-state index contributed by atoms with van der Waals surface area (Å²) >= 11 is 0. The molecule has 100 valence electrons. The van der Waals surface area contributed by atoms with Crippen LogP contribution in [0.4, 0.5) is 5.69 Å². The van der Waals surface area contributed by atoms with Gasteiger partial charge in [-0.05, 0) is 12.5 Å². The number of amides is 1. The second-order valence-electron chi connectivity index (χ2n) is 4.45. The molecule has 1 aromatic carbocycles. The Hall–Kier alpha value is -1.92. The molecule has 6 heteroatoms. The van der Waals surface area contributed by atoms with Gasteiger partial charge < -0.3 is 24.3 Å². The van der Waals surface area contributed by atoms with E-state index in [1.54, 1.807) is 24.3 Å². The fourth-order valence-electron chi connectivity index (χ4n) is 2.49. The lowest BCUT2D eigenvalue weighted by Crippen LogP contribution is -2.49. The van der Waals surface area contributed by atoms with Crippen molar-refractivity contribution in [3.05, 3.63) is 29.8 Å². The molecule has 1 saturated heterocycles. The van der Waals surface area contributed by atoms with E-state index in [1.807, 2.05) is 0 Å². The maximum atomic E-state index is 12.5. The first-order valence-corrected chi connectivity index (χ1v) is 6.04. The molecule has 0 saturated carbocycles. The van der Waals surface area contributed by atoms with E-state index >= 15 is 0 Å². The van der Waals surface area contributed by atoms with Gasteiger partial charge in [-0.15, -0.1) is 0 Å². The molecular formula is C13H12NO5-. The van der Waals surface area contributed by atoms with Crippen molar-refractivity contribution in [3.63, 3.8) is 0 Å². The number of hydrogen-bond acceptors (Lipinski definition) is 5. The average molecular weight is 262 g/mol. The Labute approximate surface area is 109 Å². The summed E-state index contributed by atoms with van der Waals surface area (Å²) in [6.07, 6.45) is 0.706. The van der Waals surface area contributed by atoms with Gasteiger partial charge in [0.2, 0.25) is 0 Å². The van der Waals surface area contributed by atoms with E-state index in [2.05, 4.69) is 0 Å². The fraction of sp³-hybridized carbons (Fsp3) is 0.385. The Morgan fingerprint density at radius 2 is 2.00 bits per heavy atom. The van der Waals surface area contributed by atoms with Crippen molar-refractivity contribution in [2.24, 2.45) is 0 Å². The fourth-order valence-corrected chi connectivity index (χ4v) is 2.49. The number of carboxylic acids is 1. The van der Waals surface area contributed by atoms with E-state index in [-0.39, 0.29) is 0 Å². The standard InChI is InChI=1S/C13H13NO5/c15-11(16)8-14-10-5-2-1-4-9(10)13(12(14)17)18-6-3-7-19-13/h1-2,4-5H,3,6-8H2,(H,15,16)/p-1. The molecule has 1 amide bonds. The van der Waals surface area contributed by atoms with E-state index in [9.17, 15) is 14.7 Å². The van der Waals surface area contributed by atoms with E-state index in [0.29, 0.717) is 30.9 Å². The Bertz CT molecular complexity index is 536. The van der Waals surface area contributed by atoms with Gasteiger partial charge in [-0.2, -0.15) is 0 Å². The average Bonchev–Trinajstić information content (AvgIpc) is 2.63. The van der Waals surface area contributed by atoms with Crippen LogP contribution in [0.3, 0.4) is 0 Å². The molecule has 0 aliphatic carbocycles. The molecule has 19 heavy (non-hydrogen) atoms. The molecule has 0 N–H and O–H groups in total. The maximum Gasteiger partial charge on any atom is 0.292 e. The first-order valence-electron chi connectivity index (χ1n) is 6.04. The van der Waals surface area contributed by atoms with Crippen molar-refractivity contribution < 1.29 is 24.2 Å². The number of carbonyl (C=O) groups is 2. The molecule has 2 aliphatic rings. The Kier molecular flexibility index (Phi) is 2.76. The third-order valence-electron chi connectivity index (χ3n) is 3.26. The number of aliphatic carboxylic acids is 1. The van der Waals surface area contributed by atoms with Crippen LogP contribution < -0.4 is 10.0 Å². The zero-order valence-electron chi connectivity index (χ0n) is 10.1. The number of fused-ring (bicyclic) bond motifs is 2. The molecule has 1 aromatic rings. The minimum atomic E-state index is -1.48. The molecule has 0 bridgehead atoms. The Morgan fingerprint density at radius 1 is 1.32 bits per heavy atom. The lowest BCUT2D eigenvalue weighted by atomic mass is 10.1. The minimum absolute atomic E-state index is 0.402. The highest BCUT2D eigenvalue weighted by atomic mass is 16.7. The van der Waals surface area contributed by atoms with Gasteiger partial charge in [0.25, 0.3) is 11.7 Å². The number of carbonyl (C=O) groups excluding carboxylic acids is 2. The molecule has 1 fully saturated rings. The maximum absolute atomic E-state index is 12.5. The van der Waals surface area contributed by atoms with Crippen molar-refractivity contribution >= 4 is 17.6 Å². The van der Waals surface area contributed by atoms with Crippen LogP contribution in [0.5, 0.6) is 0 Å². The van der Waals surface area contributed by atoms with E-state index in [4.69, 9.17) is 9.47 Å². The smallest absolute Gasteiger partial charge is 0.292 e. The molecule has 0 aromatic heterocycles. The van der Waals surface area contributed by atoms with Gasteiger partial charge in [0.05, 0.1) is 31.4 Å². The zero-order valence-corrected chi connectivity index (χ0v) is 10.1. The van der Waals surface area contributed by atoms with Crippen LogP contribution in [-0.4, -0.2) is 31.6 Å². The second kappa shape index (κ2) is 4.32. The van der Waals surface area contributed by atoms with Crippen LogP contribution in [0.1, 0.15) is 12.0 Å². The summed E-state index contributed by atoms with van der Waals surface area (Å²) in [6.45, 7) is 0.294. The van der Waals surface area contributed by atoms with Crippen molar-refractivity contribution in [1.29, 1.82) is 0 Å². The van der Waals surface area contributed by atoms with Crippen LogP contribution >= 0.6 is 0 Å². The number of nitrogens with zero attached hydrogens (tertiary/aromatic N) is 1. The van der Waals surface area contributed by atoms with Crippen LogP contribution in [0.2, 0.25) is 0 Å². The van der Waals surface area contributed by atoms with Gasteiger partial charge in [0, 0.05) is 5.56 Å². The normalized spacial score (nSPS) is 20.6. The van der Waals surface area contributed by atoms with E-state index in [0.717, 1.165) is 4.90 Å². The lowest BCUT2D eigenvalue weighted by Gasteiger charge is -2.32. The lowest BCUT2D eigenvalue weighted by molar-refractivity contribution is -0.303. The summed E-state index contributed by atoms with van der Waals surface area (Å²) < 4.78 is 11.1.